The Morgan fingerprint density at radius 2 is 1.62 bits per heavy atom. The highest BCUT2D eigenvalue weighted by atomic mass is 32.2. The Hall–Kier alpha value is -3.12. The minimum absolute atomic E-state index is 0.149. The third-order valence-electron chi connectivity index (χ3n) is 5.50. The number of nitrogens with one attached hydrogen (secondary N) is 1. The van der Waals surface area contributed by atoms with Gasteiger partial charge in [-0.3, -0.25) is 9.10 Å². The van der Waals surface area contributed by atoms with Gasteiger partial charge in [-0.25, -0.2) is 8.42 Å². The molecule has 1 amide bonds. The van der Waals surface area contributed by atoms with Gasteiger partial charge >= 0.3 is 0 Å². The molecule has 0 saturated heterocycles. The molecule has 5 nitrogen and oxygen atoms in total. The zero-order chi connectivity index (χ0) is 23.3. The van der Waals surface area contributed by atoms with Gasteiger partial charge < -0.3 is 5.32 Å². The van der Waals surface area contributed by atoms with Crippen LogP contribution < -0.4 is 9.62 Å². The van der Waals surface area contributed by atoms with Crippen molar-refractivity contribution in [2.24, 2.45) is 0 Å². The van der Waals surface area contributed by atoms with Crippen LogP contribution in [0.4, 0.5) is 5.69 Å². The fourth-order valence-corrected chi connectivity index (χ4v) is 5.15. The number of hydrogen-bond acceptors (Lipinski definition) is 3. The lowest BCUT2D eigenvalue weighted by Crippen LogP contribution is -2.41. The van der Waals surface area contributed by atoms with Crippen LogP contribution in [0, 0.1) is 13.8 Å². The highest BCUT2D eigenvalue weighted by molar-refractivity contribution is 7.92. The molecule has 1 N–H and O–H groups in total. The van der Waals surface area contributed by atoms with Crippen LogP contribution in [0.15, 0.2) is 77.7 Å². The van der Waals surface area contributed by atoms with Gasteiger partial charge in [0.1, 0.15) is 6.54 Å². The Balaban J connectivity index is 1.89. The molecular formula is C26H30N2O3S. The Kier molecular flexibility index (Phi) is 7.36. The summed E-state index contributed by atoms with van der Waals surface area (Å²) in [6.07, 6.45) is 0.948. The molecule has 32 heavy (non-hydrogen) atoms. The van der Waals surface area contributed by atoms with Crippen molar-refractivity contribution in [3.63, 3.8) is 0 Å². The van der Waals surface area contributed by atoms with Crippen LogP contribution >= 0.6 is 0 Å². The number of nitrogens with zero attached hydrogens (tertiary/aromatic N) is 1. The number of sulfonamides is 1. The molecule has 168 valence electrons. The number of amides is 1. The summed E-state index contributed by atoms with van der Waals surface area (Å²) in [6.45, 7) is 7.48. The number of carbonyl (C=O) groups excluding carboxylic acids is 1. The van der Waals surface area contributed by atoms with Crippen molar-refractivity contribution in [2.75, 3.05) is 10.8 Å². The van der Waals surface area contributed by atoms with Crippen molar-refractivity contribution >= 4 is 21.6 Å². The standard InChI is InChI=1S/C26H30N2O3S/c1-5-22-12-14-23(15-13-22)21(4)27-26(29)18-28(25-16-11-19(2)17-20(25)3)32(30,31)24-9-7-6-8-10-24/h6-17,21H,5,18H2,1-4H3,(H,27,29)/t21-/m0/s1. The quantitative estimate of drug-likeness (QED) is 0.529. The molecule has 6 heteroatoms. The molecule has 0 aromatic heterocycles. The van der Waals surface area contributed by atoms with E-state index in [1.165, 1.54) is 9.87 Å². The summed E-state index contributed by atoms with van der Waals surface area (Å²) in [6, 6.07) is 21.6. The summed E-state index contributed by atoms with van der Waals surface area (Å²) in [4.78, 5) is 13.1. The van der Waals surface area contributed by atoms with E-state index in [0.717, 1.165) is 23.1 Å². The summed E-state index contributed by atoms with van der Waals surface area (Å²) in [5, 5.41) is 2.94. The smallest absolute Gasteiger partial charge is 0.264 e. The largest absolute Gasteiger partial charge is 0.348 e. The van der Waals surface area contributed by atoms with Crippen LogP contribution in [0.3, 0.4) is 0 Å². The fourth-order valence-electron chi connectivity index (χ4n) is 3.65. The lowest BCUT2D eigenvalue weighted by atomic mass is 10.1. The van der Waals surface area contributed by atoms with Gasteiger partial charge in [-0.15, -0.1) is 0 Å². The summed E-state index contributed by atoms with van der Waals surface area (Å²) in [5.74, 6) is -0.364. The fraction of sp³-hybridized carbons (Fsp3) is 0.269. The van der Waals surface area contributed by atoms with Gasteiger partial charge in [-0.05, 0) is 62.1 Å². The van der Waals surface area contributed by atoms with E-state index in [-0.39, 0.29) is 23.4 Å². The lowest BCUT2D eigenvalue weighted by Gasteiger charge is -2.26. The van der Waals surface area contributed by atoms with Crippen LogP contribution in [-0.4, -0.2) is 20.9 Å². The molecule has 0 aliphatic carbocycles. The SMILES string of the molecule is CCc1ccc([C@H](C)NC(=O)CN(c2ccc(C)cc2C)S(=O)(=O)c2ccccc2)cc1. The van der Waals surface area contributed by atoms with E-state index in [0.29, 0.717) is 5.69 Å². The highest BCUT2D eigenvalue weighted by Crippen LogP contribution is 2.27. The van der Waals surface area contributed by atoms with Gasteiger partial charge in [-0.1, -0.05) is 67.1 Å². The molecule has 0 saturated carbocycles. The summed E-state index contributed by atoms with van der Waals surface area (Å²) in [5.41, 5.74) is 4.51. The first kappa shape index (κ1) is 23.5. The molecule has 0 unspecified atom stereocenters. The van der Waals surface area contributed by atoms with E-state index in [4.69, 9.17) is 0 Å². The summed E-state index contributed by atoms with van der Waals surface area (Å²) >= 11 is 0. The maximum atomic E-state index is 13.5. The second-order valence-corrected chi connectivity index (χ2v) is 9.86. The van der Waals surface area contributed by atoms with Gasteiger partial charge in [0.05, 0.1) is 16.6 Å². The van der Waals surface area contributed by atoms with Crippen LogP contribution in [0.2, 0.25) is 0 Å². The van der Waals surface area contributed by atoms with Crippen LogP contribution in [-0.2, 0) is 21.2 Å². The number of anilines is 1. The molecular weight excluding hydrogens is 420 g/mol. The molecule has 0 heterocycles. The van der Waals surface area contributed by atoms with Crippen LogP contribution in [0.1, 0.15) is 42.1 Å². The molecule has 3 aromatic carbocycles. The van der Waals surface area contributed by atoms with E-state index >= 15 is 0 Å². The van der Waals surface area contributed by atoms with Crippen molar-refractivity contribution in [3.05, 3.63) is 95.1 Å². The maximum absolute atomic E-state index is 13.5. The summed E-state index contributed by atoms with van der Waals surface area (Å²) in [7, 11) is -3.92. The maximum Gasteiger partial charge on any atom is 0.264 e. The predicted molar refractivity (Wildman–Crippen MR) is 129 cm³/mol. The minimum Gasteiger partial charge on any atom is -0.348 e. The lowest BCUT2D eigenvalue weighted by molar-refractivity contribution is -0.120. The van der Waals surface area contributed by atoms with Gasteiger partial charge in [0, 0.05) is 0 Å². The van der Waals surface area contributed by atoms with Gasteiger partial charge in [0.2, 0.25) is 5.91 Å². The van der Waals surface area contributed by atoms with Crippen molar-refractivity contribution in [1.29, 1.82) is 0 Å². The number of hydrogen-bond donors (Lipinski definition) is 1. The Morgan fingerprint density at radius 1 is 0.969 bits per heavy atom. The number of rotatable bonds is 8. The van der Waals surface area contributed by atoms with E-state index < -0.39 is 10.0 Å². The molecule has 0 aliphatic heterocycles. The molecule has 0 fully saturated rings. The first-order valence-corrected chi connectivity index (χ1v) is 12.2. The highest BCUT2D eigenvalue weighted by Gasteiger charge is 2.28. The Morgan fingerprint density at radius 3 is 2.22 bits per heavy atom. The molecule has 0 bridgehead atoms. The first-order valence-electron chi connectivity index (χ1n) is 10.8. The van der Waals surface area contributed by atoms with Crippen molar-refractivity contribution in [2.45, 2.75) is 45.1 Å². The van der Waals surface area contributed by atoms with Crippen molar-refractivity contribution in [1.82, 2.24) is 5.32 Å². The van der Waals surface area contributed by atoms with Crippen LogP contribution in [0.25, 0.3) is 0 Å². The molecule has 3 rings (SSSR count). The molecule has 1 atom stereocenters. The molecule has 3 aromatic rings. The van der Waals surface area contributed by atoms with Crippen molar-refractivity contribution in [3.8, 4) is 0 Å². The Labute approximate surface area is 191 Å². The van der Waals surface area contributed by atoms with E-state index in [2.05, 4.69) is 12.2 Å². The molecule has 0 aliphatic rings. The number of benzene rings is 3. The number of carbonyl (C=O) groups is 1. The zero-order valence-corrected chi connectivity index (χ0v) is 19.8. The predicted octanol–water partition coefficient (Wildman–Crippen LogP) is 4.94. The molecule has 0 spiro atoms. The van der Waals surface area contributed by atoms with Gasteiger partial charge in [0.15, 0.2) is 0 Å². The second kappa shape index (κ2) is 10.0. The van der Waals surface area contributed by atoms with E-state index in [1.54, 1.807) is 36.4 Å². The van der Waals surface area contributed by atoms with E-state index in [9.17, 15) is 13.2 Å². The summed E-state index contributed by atoms with van der Waals surface area (Å²) < 4.78 is 28.1. The second-order valence-electron chi connectivity index (χ2n) is 8.00. The topological polar surface area (TPSA) is 66.5 Å². The number of aryl methyl sites for hydroxylation is 3. The Bertz CT molecular complexity index is 1170. The minimum atomic E-state index is -3.92. The van der Waals surface area contributed by atoms with Gasteiger partial charge in [0.25, 0.3) is 10.0 Å². The first-order chi connectivity index (χ1) is 15.2. The third kappa shape index (κ3) is 5.37. The van der Waals surface area contributed by atoms with Crippen molar-refractivity contribution < 1.29 is 13.2 Å². The van der Waals surface area contributed by atoms with Crippen LogP contribution in [0.5, 0.6) is 0 Å². The monoisotopic (exact) mass is 450 g/mol. The normalized spacial score (nSPS) is 12.2. The zero-order valence-electron chi connectivity index (χ0n) is 19.0. The molecule has 0 radical (unpaired) electrons. The average molecular weight is 451 g/mol. The van der Waals surface area contributed by atoms with Gasteiger partial charge in [-0.2, -0.15) is 0 Å². The average Bonchev–Trinajstić information content (AvgIpc) is 2.78. The third-order valence-corrected chi connectivity index (χ3v) is 7.28. The van der Waals surface area contributed by atoms with E-state index in [1.807, 2.05) is 57.2 Å².